The Balaban J connectivity index is 1.37. The van der Waals surface area contributed by atoms with Gasteiger partial charge in [-0.15, -0.1) is 0 Å². The molecule has 146 valence electrons. The molecule has 0 spiro atoms. The average molecular weight is 434 g/mol. The van der Waals surface area contributed by atoms with E-state index in [4.69, 9.17) is 0 Å². The maximum atomic E-state index is 13.4. The highest BCUT2D eigenvalue weighted by molar-refractivity contribution is 9.10. The van der Waals surface area contributed by atoms with Crippen molar-refractivity contribution in [1.29, 1.82) is 0 Å². The van der Waals surface area contributed by atoms with Crippen LogP contribution >= 0.6 is 15.9 Å². The Bertz CT molecular complexity index is 705. The minimum absolute atomic E-state index is 0.119. The first-order valence-corrected chi connectivity index (χ1v) is 10.9. The van der Waals surface area contributed by atoms with Crippen LogP contribution in [0.25, 0.3) is 0 Å². The van der Waals surface area contributed by atoms with Gasteiger partial charge >= 0.3 is 0 Å². The standard InChI is InChI=1S/C21H28BrN3O2/c1-15(19(26)23-18-7-8-18)24-11-13-25(14-12-24)20(27)21(9-2-10-21)16-3-5-17(22)6-4-16/h3-6,15,18H,2,7-14H2,1H3,(H,23,26). The highest BCUT2D eigenvalue weighted by Crippen LogP contribution is 2.45. The van der Waals surface area contributed by atoms with E-state index in [1.54, 1.807) is 0 Å². The molecule has 5 nitrogen and oxygen atoms in total. The number of hydrogen-bond acceptors (Lipinski definition) is 3. The van der Waals surface area contributed by atoms with Crippen molar-refractivity contribution in [2.24, 2.45) is 0 Å². The third-order valence-electron chi connectivity index (χ3n) is 6.47. The molecule has 4 rings (SSSR count). The third kappa shape index (κ3) is 3.79. The normalized spacial score (nSPS) is 23.4. The first-order valence-electron chi connectivity index (χ1n) is 10.1. The molecule has 3 aliphatic rings. The summed E-state index contributed by atoms with van der Waals surface area (Å²) in [6, 6.07) is 8.50. The number of nitrogens with one attached hydrogen (secondary N) is 1. The summed E-state index contributed by atoms with van der Waals surface area (Å²) < 4.78 is 1.04. The number of hydrogen-bond donors (Lipinski definition) is 1. The second kappa shape index (κ2) is 7.55. The van der Waals surface area contributed by atoms with Crippen molar-refractivity contribution in [3.05, 3.63) is 34.3 Å². The summed E-state index contributed by atoms with van der Waals surface area (Å²) >= 11 is 3.48. The lowest BCUT2D eigenvalue weighted by Gasteiger charge is -2.46. The van der Waals surface area contributed by atoms with Gasteiger partial charge < -0.3 is 10.2 Å². The Hall–Kier alpha value is -1.40. The van der Waals surface area contributed by atoms with Crippen LogP contribution in [0.1, 0.15) is 44.6 Å². The van der Waals surface area contributed by atoms with Crippen LogP contribution in [-0.4, -0.2) is 59.9 Å². The summed E-state index contributed by atoms with van der Waals surface area (Å²) in [5, 5.41) is 3.09. The first kappa shape index (κ1) is 18.9. The summed E-state index contributed by atoms with van der Waals surface area (Å²) in [7, 11) is 0. The van der Waals surface area contributed by atoms with Gasteiger partial charge in [-0.25, -0.2) is 0 Å². The second-order valence-electron chi connectivity index (χ2n) is 8.23. The van der Waals surface area contributed by atoms with Gasteiger partial charge in [0.1, 0.15) is 0 Å². The van der Waals surface area contributed by atoms with Crippen molar-refractivity contribution in [1.82, 2.24) is 15.1 Å². The number of rotatable bonds is 5. The van der Waals surface area contributed by atoms with E-state index in [0.717, 1.165) is 55.2 Å². The molecule has 1 aromatic carbocycles. The highest BCUT2D eigenvalue weighted by atomic mass is 79.9. The average Bonchev–Trinajstić information content (AvgIpc) is 3.45. The predicted octanol–water partition coefficient (Wildman–Crippen LogP) is 2.68. The van der Waals surface area contributed by atoms with Crippen LogP contribution in [0.4, 0.5) is 0 Å². The molecule has 1 saturated heterocycles. The molecule has 6 heteroatoms. The lowest BCUT2D eigenvalue weighted by Crippen LogP contribution is -2.59. The largest absolute Gasteiger partial charge is 0.352 e. The molecular formula is C21H28BrN3O2. The fourth-order valence-electron chi connectivity index (χ4n) is 4.26. The Labute approximate surface area is 169 Å². The lowest BCUT2D eigenvalue weighted by molar-refractivity contribution is -0.143. The van der Waals surface area contributed by atoms with Crippen LogP contribution < -0.4 is 5.32 Å². The molecule has 27 heavy (non-hydrogen) atoms. The van der Waals surface area contributed by atoms with Gasteiger partial charge in [-0.05, 0) is 50.3 Å². The van der Waals surface area contributed by atoms with Crippen molar-refractivity contribution in [3.8, 4) is 0 Å². The van der Waals surface area contributed by atoms with Crippen LogP contribution in [0.3, 0.4) is 0 Å². The maximum absolute atomic E-state index is 13.4. The van der Waals surface area contributed by atoms with E-state index >= 15 is 0 Å². The van der Waals surface area contributed by atoms with Crippen molar-refractivity contribution < 1.29 is 9.59 Å². The molecule has 1 atom stereocenters. The summed E-state index contributed by atoms with van der Waals surface area (Å²) in [4.78, 5) is 29.9. The molecule has 1 N–H and O–H groups in total. The van der Waals surface area contributed by atoms with Gasteiger partial charge in [0.2, 0.25) is 11.8 Å². The molecule has 0 aromatic heterocycles. The van der Waals surface area contributed by atoms with E-state index in [1.165, 1.54) is 0 Å². The SMILES string of the molecule is CC(C(=O)NC1CC1)N1CCN(C(=O)C2(c3ccc(Br)cc3)CCC2)CC1. The summed E-state index contributed by atoms with van der Waals surface area (Å²) in [5.41, 5.74) is 0.805. The van der Waals surface area contributed by atoms with Gasteiger partial charge in [0, 0.05) is 36.7 Å². The molecule has 0 bridgehead atoms. The molecule has 1 unspecified atom stereocenters. The zero-order valence-corrected chi connectivity index (χ0v) is 17.5. The predicted molar refractivity (Wildman–Crippen MR) is 108 cm³/mol. The van der Waals surface area contributed by atoms with E-state index in [9.17, 15) is 9.59 Å². The van der Waals surface area contributed by atoms with E-state index in [-0.39, 0.29) is 23.3 Å². The molecule has 2 aliphatic carbocycles. The molecule has 1 aromatic rings. The second-order valence-corrected chi connectivity index (χ2v) is 9.15. The Morgan fingerprint density at radius 1 is 1.11 bits per heavy atom. The van der Waals surface area contributed by atoms with Crippen molar-refractivity contribution in [2.45, 2.75) is 56.5 Å². The van der Waals surface area contributed by atoms with Gasteiger partial charge in [-0.3, -0.25) is 14.5 Å². The minimum Gasteiger partial charge on any atom is -0.352 e. The lowest BCUT2D eigenvalue weighted by atomic mass is 9.63. The summed E-state index contributed by atoms with van der Waals surface area (Å²) in [5.74, 6) is 0.397. The molecule has 0 radical (unpaired) electrons. The van der Waals surface area contributed by atoms with Gasteiger partial charge in [0.05, 0.1) is 11.5 Å². The fraction of sp³-hybridized carbons (Fsp3) is 0.619. The van der Waals surface area contributed by atoms with E-state index < -0.39 is 0 Å². The number of benzene rings is 1. The number of carbonyl (C=O) groups is 2. The van der Waals surface area contributed by atoms with Crippen LogP contribution in [0.2, 0.25) is 0 Å². The molecule has 2 amide bonds. The van der Waals surface area contributed by atoms with E-state index in [1.807, 2.05) is 24.0 Å². The monoisotopic (exact) mass is 433 g/mol. The van der Waals surface area contributed by atoms with Crippen molar-refractivity contribution in [3.63, 3.8) is 0 Å². The molecule has 3 fully saturated rings. The Morgan fingerprint density at radius 3 is 2.26 bits per heavy atom. The van der Waals surface area contributed by atoms with E-state index in [0.29, 0.717) is 19.1 Å². The molecule has 2 saturated carbocycles. The quantitative estimate of drug-likeness (QED) is 0.776. The number of halogens is 1. The van der Waals surface area contributed by atoms with Crippen LogP contribution in [0, 0.1) is 0 Å². The number of carbonyl (C=O) groups excluding carboxylic acids is 2. The zero-order valence-electron chi connectivity index (χ0n) is 15.9. The fourth-order valence-corrected chi connectivity index (χ4v) is 4.52. The summed E-state index contributed by atoms with van der Waals surface area (Å²) in [6.07, 6.45) is 5.21. The zero-order chi connectivity index (χ0) is 19.0. The van der Waals surface area contributed by atoms with Gasteiger partial charge in [0.15, 0.2) is 0 Å². The Morgan fingerprint density at radius 2 is 1.74 bits per heavy atom. The molecule has 1 aliphatic heterocycles. The minimum atomic E-state index is -0.335. The Kier molecular flexibility index (Phi) is 5.30. The topological polar surface area (TPSA) is 52.7 Å². The van der Waals surface area contributed by atoms with E-state index in [2.05, 4.69) is 38.3 Å². The van der Waals surface area contributed by atoms with Gasteiger partial charge in [-0.2, -0.15) is 0 Å². The van der Waals surface area contributed by atoms with Crippen molar-refractivity contribution in [2.75, 3.05) is 26.2 Å². The summed E-state index contributed by atoms with van der Waals surface area (Å²) in [6.45, 7) is 4.92. The molecule has 1 heterocycles. The highest BCUT2D eigenvalue weighted by Gasteiger charge is 2.48. The number of nitrogens with zero attached hydrogens (tertiary/aromatic N) is 2. The maximum Gasteiger partial charge on any atom is 0.237 e. The van der Waals surface area contributed by atoms with Crippen molar-refractivity contribution >= 4 is 27.7 Å². The number of amides is 2. The smallest absolute Gasteiger partial charge is 0.237 e. The van der Waals surface area contributed by atoms with Gasteiger partial charge in [-0.1, -0.05) is 34.5 Å². The molecular weight excluding hydrogens is 406 g/mol. The van der Waals surface area contributed by atoms with Crippen LogP contribution in [0.5, 0.6) is 0 Å². The third-order valence-corrected chi connectivity index (χ3v) is 6.99. The number of piperazine rings is 1. The van der Waals surface area contributed by atoms with Crippen LogP contribution in [0.15, 0.2) is 28.7 Å². The first-order chi connectivity index (χ1) is 13.0. The van der Waals surface area contributed by atoms with Crippen LogP contribution in [-0.2, 0) is 15.0 Å². The van der Waals surface area contributed by atoms with Gasteiger partial charge in [0.25, 0.3) is 0 Å².